The minimum absolute atomic E-state index is 0.142. The molecule has 1 fully saturated rings. The van der Waals surface area contributed by atoms with Gasteiger partial charge < -0.3 is 20.7 Å². The maximum Gasteiger partial charge on any atom is 0.227 e. The molecule has 0 unspecified atom stereocenters. The predicted molar refractivity (Wildman–Crippen MR) is 116 cm³/mol. The lowest BCUT2D eigenvalue weighted by molar-refractivity contribution is -0.122. The van der Waals surface area contributed by atoms with Crippen LogP contribution in [0, 0.1) is 5.92 Å². The summed E-state index contributed by atoms with van der Waals surface area (Å²) in [6.45, 7) is 8.05. The zero-order valence-corrected chi connectivity index (χ0v) is 17.4. The van der Waals surface area contributed by atoms with Crippen LogP contribution in [-0.4, -0.2) is 38.2 Å². The summed E-state index contributed by atoms with van der Waals surface area (Å²) in [4.78, 5) is 16.8. The number of rotatable bonds is 12. The second kappa shape index (κ2) is 13.2. The van der Waals surface area contributed by atoms with E-state index >= 15 is 0 Å². The minimum Gasteiger partial charge on any atom is -0.381 e. The van der Waals surface area contributed by atoms with Gasteiger partial charge in [0.1, 0.15) is 0 Å². The summed E-state index contributed by atoms with van der Waals surface area (Å²) in [7, 11) is 0. The van der Waals surface area contributed by atoms with Gasteiger partial charge in [-0.3, -0.25) is 4.79 Å². The maximum absolute atomic E-state index is 12.1. The molecule has 3 N–H and O–H groups in total. The average Bonchev–Trinajstić information content (AvgIpc) is 2.64. The molecule has 2 rings (SSSR count). The first-order valence-corrected chi connectivity index (χ1v) is 10.7. The van der Waals surface area contributed by atoms with Crippen LogP contribution in [0.5, 0.6) is 0 Å². The number of aliphatic imine (C=N–C) groups is 1. The number of unbranched alkanes of at least 4 members (excludes halogenated alkanes) is 1. The Balaban J connectivity index is 1.77. The Kier molecular flexibility index (Phi) is 10.4. The van der Waals surface area contributed by atoms with Crippen molar-refractivity contribution in [2.24, 2.45) is 10.9 Å². The van der Waals surface area contributed by atoms with Crippen LogP contribution in [0.3, 0.4) is 0 Å². The number of ether oxygens (including phenoxy) is 1. The fourth-order valence-corrected chi connectivity index (χ4v) is 2.90. The van der Waals surface area contributed by atoms with Gasteiger partial charge in [-0.15, -0.1) is 0 Å². The van der Waals surface area contributed by atoms with Gasteiger partial charge in [0, 0.05) is 37.9 Å². The molecule has 0 saturated heterocycles. The van der Waals surface area contributed by atoms with E-state index in [1.54, 1.807) is 0 Å². The molecule has 1 aromatic carbocycles. The van der Waals surface area contributed by atoms with Crippen LogP contribution in [0.25, 0.3) is 0 Å². The smallest absolute Gasteiger partial charge is 0.227 e. The molecule has 0 aromatic heterocycles. The Morgan fingerprint density at radius 3 is 2.71 bits per heavy atom. The van der Waals surface area contributed by atoms with Crippen molar-refractivity contribution in [3.8, 4) is 0 Å². The normalized spacial score (nSPS) is 14.4. The lowest BCUT2D eigenvalue weighted by Crippen LogP contribution is -2.38. The molecule has 6 nitrogen and oxygen atoms in total. The van der Waals surface area contributed by atoms with Crippen LogP contribution >= 0.6 is 0 Å². The molecule has 1 aliphatic carbocycles. The van der Waals surface area contributed by atoms with E-state index in [4.69, 9.17) is 4.74 Å². The highest BCUT2D eigenvalue weighted by molar-refractivity contribution is 5.93. The Labute approximate surface area is 169 Å². The molecule has 156 valence electrons. The number of benzene rings is 1. The van der Waals surface area contributed by atoms with E-state index in [0.717, 1.165) is 75.6 Å². The van der Waals surface area contributed by atoms with E-state index in [1.165, 1.54) is 6.42 Å². The number of carbonyl (C=O) groups excluding carboxylic acids is 1. The van der Waals surface area contributed by atoms with Crippen molar-refractivity contribution >= 4 is 17.6 Å². The van der Waals surface area contributed by atoms with Gasteiger partial charge in [-0.1, -0.05) is 31.9 Å². The molecule has 1 saturated carbocycles. The molecule has 1 aromatic rings. The molecule has 0 bridgehead atoms. The van der Waals surface area contributed by atoms with Crippen LogP contribution in [0.1, 0.15) is 57.9 Å². The van der Waals surface area contributed by atoms with E-state index < -0.39 is 0 Å². The van der Waals surface area contributed by atoms with E-state index in [2.05, 4.69) is 34.8 Å². The molecule has 1 amide bonds. The van der Waals surface area contributed by atoms with Crippen molar-refractivity contribution in [3.63, 3.8) is 0 Å². The van der Waals surface area contributed by atoms with Crippen LogP contribution in [0.15, 0.2) is 29.3 Å². The fraction of sp³-hybridized carbons (Fsp3) is 0.636. The standard InChI is InChI=1S/C22H36N4O2/c1-3-5-14-28-15-8-13-24-22(23-4-2)25-17-18-9-6-12-20(16-18)26-21(27)19-10-7-11-19/h6,9,12,16,19H,3-5,7-8,10-11,13-15,17H2,1-2H3,(H,26,27)(H2,23,24,25). The van der Waals surface area contributed by atoms with Gasteiger partial charge in [0.25, 0.3) is 0 Å². The summed E-state index contributed by atoms with van der Waals surface area (Å²) < 4.78 is 5.58. The molecule has 0 spiro atoms. The zero-order valence-electron chi connectivity index (χ0n) is 17.4. The number of nitrogens with zero attached hydrogens (tertiary/aromatic N) is 1. The largest absolute Gasteiger partial charge is 0.381 e. The molecule has 0 atom stereocenters. The van der Waals surface area contributed by atoms with Crippen molar-refractivity contribution in [1.82, 2.24) is 10.6 Å². The van der Waals surface area contributed by atoms with Crippen molar-refractivity contribution in [3.05, 3.63) is 29.8 Å². The summed E-state index contributed by atoms with van der Waals surface area (Å²) in [5.74, 6) is 1.14. The Morgan fingerprint density at radius 2 is 2.00 bits per heavy atom. The van der Waals surface area contributed by atoms with Crippen molar-refractivity contribution in [2.45, 2.75) is 58.9 Å². The molecular weight excluding hydrogens is 352 g/mol. The van der Waals surface area contributed by atoms with Crippen molar-refractivity contribution in [2.75, 3.05) is 31.6 Å². The van der Waals surface area contributed by atoms with E-state index in [1.807, 2.05) is 24.3 Å². The lowest BCUT2D eigenvalue weighted by Gasteiger charge is -2.24. The Hall–Kier alpha value is -2.08. The predicted octanol–water partition coefficient (Wildman–Crippen LogP) is 3.69. The second-order valence-corrected chi connectivity index (χ2v) is 7.26. The molecule has 6 heteroatoms. The quantitative estimate of drug-likeness (QED) is 0.290. The summed E-state index contributed by atoms with van der Waals surface area (Å²) >= 11 is 0. The van der Waals surface area contributed by atoms with Crippen LogP contribution in [0.2, 0.25) is 0 Å². The lowest BCUT2D eigenvalue weighted by atomic mass is 9.85. The van der Waals surface area contributed by atoms with Crippen LogP contribution < -0.4 is 16.0 Å². The fourth-order valence-electron chi connectivity index (χ4n) is 2.90. The van der Waals surface area contributed by atoms with Gasteiger partial charge in [-0.25, -0.2) is 4.99 Å². The number of guanidine groups is 1. The minimum atomic E-state index is 0.142. The monoisotopic (exact) mass is 388 g/mol. The Morgan fingerprint density at radius 1 is 1.18 bits per heavy atom. The van der Waals surface area contributed by atoms with Gasteiger partial charge in [-0.2, -0.15) is 0 Å². The van der Waals surface area contributed by atoms with Gasteiger partial charge in [0.05, 0.1) is 6.54 Å². The number of carbonyl (C=O) groups is 1. The summed E-state index contributed by atoms with van der Waals surface area (Å²) in [6, 6.07) is 7.94. The number of anilines is 1. The van der Waals surface area contributed by atoms with Gasteiger partial charge in [0.15, 0.2) is 5.96 Å². The highest BCUT2D eigenvalue weighted by atomic mass is 16.5. The highest BCUT2D eigenvalue weighted by Gasteiger charge is 2.25. The number of amides is 1. The first-order chi connectivity index (χ1) is 13.7. The zero-order chi connectivity index (χ0) is 20.0. The SMILES string of the molecule is CCCCOCCCNC(=NCc1cccc(NC(=O)C2CCC2)c1)NCC. The van der Waals surface area contributed by atoms with Crippen LogP contribution in [-0.2, 0) is 16.1 Å². The molecule has 28 heavy (non-hydrogen) atoms. The third kappa shape index (κ3) is 8.30. The van der Waals surface area contributed by atoms with E-state index in [9.17, 15) is 4.79 Å². The number of nitrogens with one attached hydrogen (secondary N) is 3. The highest BCUT2D eigenvalue weighted by Crippen LogP contribution is 2.27. The molecular formula is C22H36N4O2. The topological polar surface area (TPSA) is 74.8 Å². The first kappa shape index (κ1) is 22.2. The molecule has 0 radical (unpaired) electrons. The molecule has 0 aliphatic heterocycles. The van der Waals surface area contributed by atoms with E-state index in [0.29, 0.717) is 6.54 Å². The average molecular weight is 389 g/mol. The maximum atomic E-state index is 12.1. The third-order valence-electron chi connectivity index (χ3n) is 4.83. The van der Waals surface area contributed by atoms with Gasteiger partial charge >= 0.3 is 0 Å². The summed E-state index contributed by atoms with van der Waals surface area (Å²) in [5.41, 5.74) is 1.93. The third-order valence-corrected chi connectivity index (χ3v) is 4.83. The van der Waals surface area contributed by atoms with Gasteiger partial charge in [-0.05, 0) is 50.3 Å². The Bertz CT molecular complexity index is 614. The van der Waals surface area contributed by atoms with Crippen molar-refractivity contribution in [1.29, 1.82) is 0 Å². The van der Waals surface area contributed by atoms with E-state index in [-0.39, 0.29) is 11.8 Å². The summed E-state index contributed by atoms with van der Waals surface area (Å²) in [6.07, 6.45) is 6.43. The number of hydrogen-bond acceptors (Lipinski definition) is 3. The van der Waals surface area contributed by atoms with Crippen molar-refractivity contribution < 1.29 is 9.53 Å². The summed E-state index contributed by atoms with van der Waals surface area (Å²) in [5, 5.41) is 9.64. The first-order valence-electron chi connectivity index (χ1n) is 10.7. The van der Waals surface area contributed by atoms with Gasteiger partial charge in [0.2, 0.25) is 5.91 Å². The second-order valence-electron chi connectivity index (χ2n) is 7.26. The number of hydrogen-bond donors (Lipinski definition) is 3. The molecule has 1 aliphatic rings. The molecule has 0 heterocycles. The van der Waals surface area contributed by atoms with Crippen LogP contribution in [0.4, 0.5) is 5.69 Å².